The van der Waals surface area contributed by atoms with Crippen molar-refractivity contribution in [3.8, 4) is 0 Å². The van der Waals surface area contributed by atoms with Crippen LogP contribution >= 0.6 is 0 Å². The Morgan fingerprint density at radius 2 is 2.04 bits per heavy atom. The van der Waals surface area contributed by atoms with E-state index in [1.54, 1.807) is 24.1 Å². The normalized spacial score (nSPS) is 34.8. The molecule has 0 bridgehead atoms. The highest BCUT2D eigenvalue weighted by Crippen LogP contribution is 2.51. The lowest BCUT2D eigenvalue weighted by atomic mass is 9.94. The zero-order chi connectivity index (χ0) is 17.8. The van der Waals surface area contributed by atoms with Crippen molar-refractivity contribution in [2.24, 2.45) is 0 Å². The van der Waals surface area contributed by atoms with E-state index >= 15 is 0 Å². The number of esters is 1. The Morgan fingerprint density at radius 1 is 1.32 bits per heavy atom. The number of hydrogen-bond donors (Lipinski definition) is 0. The van der Waals surface area contributed by atoms with Crippen LogP contribution in [0.15, 0.2) is 29.2 Å². The Labute approximate surface area is 146 Å². The monoisotopic (exact) mass is 367 g/mol. The van der Waals surface area contributed by atoms with Crippen LogP contribution in [0.5, 0.6) is 0 Å². The second-order valence-corrected chi connectivity index (χ2v) is 8.82. The Morgan fingerprint density at radius 3 is 2.72 bits per heavy atom. The number of aryl methyl sites for hydroxylation is 1. The summed E-state index contributed by atoms with van der Waals surface area (Å²) >= 11 is 0. The first kappa shape index (κ1) is 17.0. The maximum absolute atomic E-state index is 13.6. The van der Waals surface area contributed by atoms with Crippen LogP contribution in [0.4, 0.5) is 0 Å². The summed E-state index contributed by atoms with van der Waals surface area (Å²) < 4.78 is 36.2. The van der Waals surface area contributed by atoms with Gasteiger partial charge in [0.1, 0.15) is 0 Å². The molecule has 25 heavy (non-hydrogen) atoms. The second-order valence-electron chi connectivity index (χ2n) is 6.66. The number of benzene rings is 1. The third-order valence-electron chi connectivity index (χ3n) is 5.27. The van der Waals surface area contributed by atoms with Crippen LogP contribution in [0, 0.1) is 6.92 Å². The predicted molar refractivity (Wildman–Crippen MR) is 87.2 cm³/mol. The molecule has 0 saturated carbocycles. The number of cyclic esters (lactones) is 1. The molecule has 136 valence electrons. The minimum absolute atomic E-state index is 0.106. The topological polar surface area (TPSA) is 82.1 Å². The van der Waals surface area contributed by atoms with E-state index in [2.05, 4.69) is 0 Å². The molecular weight excluding hydrogens is 346 g/mol. The molecule has 3 aliphatic heterocycles. The van der Waals surface area contributed by atoms with Gasteiger partial charge in [-0.15, -0.1) is 0 Å². The molecule has 0 aromatic heterocycles. The summed E-state index contributed by atoms with van der Waals surface area (Å²) in [6.45, 7) is 4.53. The van der Waals surface area contributed by atoms with Crippen LogP contribution in [0.3, 0.4) is 0 Å². The maximum Gasteiger partial charge on any atom is 0.335 e. The van der Waals surface area contributed by atoms with Crippen LogP contribution in [0.1, 0.15) is 25.3 Å². The fourth-order valence-electron chi connectivity index (χ4n) is 4.11. The van der Waals surface area contributed by atoms with E-state index in [1.807, 2.05) is 6.92 Å². The number of fused-ring (bicyclic) bond motifs is 3. The molecule has 1 aromatic carbocycles. The van der Waals surface area contributed by atoms with Crippen LogP contribution in [0.2, 0.25) is 0 Å². The minimum Gasteiger partial charge on any atom is -0.431 e. The van der Waals surface area contributed by atoms with E-state index < -0.39 is 39.0 Å². The maximum atomic E-state index is 13.6. The molecule has 0 spiro atoms. The SMILES string of the molecule is CCO[C@@H]1OC(=O)[C@]2(S(=O)(=O)c3ccc(C)cc3)[C@H]1ON1CCC[C@@H]12. The Balaban J connectivity index is 1.87. The fraction of sp³-hybridized carbons (Fsp3) is 0.588. The second kappa shape index (κ2) is 5.77. The van der Waals surface area contributed by atoms with Gasteiger partial charge in [-0.05, 0) is 38.8 Å². The first-order valence-corrected chi connectivity index (χ1v) is 9.98. The number of hydroxylamine groups is 2. The van der Waals surface area contributed by atoms with Gasteiger partial charge in [0.25, 0.3) is 0 Å². The molecule has 3 saturated heterocycles. The van der Waals surface area contributed by atoms with Crippen LogP contribution in [-0.4, -0.2) is 55.8 Å². The number of carbonyl (C=O) groups excluding carboxylic acids is 1. The molecule has 4 atom stereocenters. The summed E-state index contributed by atoms with van der Waals surface area (Å²) in [5, 5.41) is 1.63. The van der Waals surface area contributed by atoms with Gasteiger partial charge in [-0.1, -0.05) is 17.7 Å². The van der Waals surface area contributed by atoms with Gasteiger partial charge in [-0.2, -0.15) is 5.06 Å². The molecule has 0 unspecified atom stereocenters. The summed E-state index contributed by atoms with van der Waals surface area (Å²) in [5.74, 6) is -0.772. The average molecular weight is 367 g/mol. The zero-order valence-corrected chi connectivity index (χ0v) is 15.0. The minimum atomic E-state index is -4.03. The van der Waals surface area contributed by atoms with E-state index in [0.29, 0.717) is 19.6 Å². The molecule has 0 radical (unpaired) electrons. The van der Waals surface area contributed by atoms with Crippen LogP contribution in [-0.2, 0) is 28.9 Å². The van der Waals surface area contributed by atoms with Gasteiger partial charge < -0.3 is 9.47 Å². The molecule has 4 rings (SSSR count). The van der Waals surface area contributed by atoms with Gasteiger partial charge in [0.15, 0.2) is 15.9 Å². The molecule has 0 N–H and O–H groups in total. The van der Waals surface area contributed by atoms with E-state index in [-0.39, 0.29) is 4.90 Å². The van der Waals surface area contributed by atoms with Crippen molar-refractivity contribution in [3.05, 3.63) is 29.8 Å². The van der Waals surface area contributed by atoms with Crippen molar-refractivity contribution in [1.82, 2.24) is 5.06 Å². The summed E-state index contributed by atoms with van der Waals surface area (Å²) in [7, 11) is -4.03. The Hall–Kier alpha value is -1.48. The predicted octanol–water partition coefficient (Wildman–Crippen LogP) is 1.21. The van der Waals surface area contributed by atoms with Crippen molar-refractivity contribution >= 4 is 15.8 Å². The summed E-state index contributed by atoms with van der Waals surface area (Å²) in [5.41, 5.74) is 0.944. The van der Waals surface area contributed by atoms with Crippen molar-refractivity contribution in [2.45, 2.75) is 54.8 Å². The molecule has 0 aliphatic carbocycles. The number of sulfone groups is 1. The van der Waals surface area contributed by atoms with Crippen molar-refractivity contribution in [1.29, 1.82) is 0 Å². The summed E-state index contributed by atoms with van der Waals surface area (Å²) in [4.78, 5) is 18.9. The highest BCUT2D eigenvalue weighted by molar-refractivity contribution is 7.93. The molecule has 0 amide bonds. The van der Waals surface area contributed by atoms with Gasteiger partial charge >= 0.3 is 5.97 Å². The summed E-state index contributed by atoms with van der Waals surface area (Å²) in [6.07, 6.45) is -0.662. The lowest BCUT2D eigenvalue weighted by Gasteiger charge is -2.27. The van der Waals surface area contributed by atoms with Crippen LogP contribution < -0.4 is 0 Å². The van der Waals surface area contributed by atoms with Gasteiger partial charge in [0.2, 0.25) is 11.0 Å². The first-order valence-electron chi connectivity index (χ1n) is 8.50. The third-order valence-corrected chi connectivity index (χ3v) is 7.72. The number of nitrogens with zero attached hydrogens (tertiary/aromatic N) is 1. The highest BCUT2D eigenvalue weighted by atomic mass is 32.2. The Kier molecular flexibility index (Phi) is 3.91. The lowest BCUT2D eigenvalue weighted by molar-refractivity contribution is -0.226. The van der Waals surface area contributed by atoms with Gasteiger partial charge in [-0.25, -0.2) is 8.42 Å². The smallest absolute Gasteiger partial charge is 0.335 e. The molecule has 7 nitrogen and oxygen atoms in total. The average Bonchev–Trinajstić information content (AvgIpc) is 3.20. The number of carbonyl (C=O) groups is 1. The van der Waals surface area contributed by atoms with Crippen molar-refractivity contribution < 1.29 is 27.5 Å². The molecule has 3 aliphatic rings. The van der Waals surface area contributed by atoms with Crippen molar-refractivity contribution in [3.63, 3.8) is 0 Å². The van der Waals surface area contributed by atoms with Gasteiger partial charge in [-0.3, -0.25) is 9.63 Å². The molecular formula is C17H21NO6S. The highest BCUT2D eigenvalue weighted by Gasteiger charge is 2.77. The van der Waals surface area contributed by atoms with Crippen LogP contribution in [0.25, 0.3) is 0 Å². The Bertz CT molecular complexity index is 792. The third kappa shape index (κ3) is 2.14. The standard InChI is InChI=1S/C17H21NO6S/c1-3-22-15-14-17(16(19)23-15,13-5-4-10-18(13)24-14)25(20,21)12-8-6-11(2)7-9-12/h6-9,13-15H,3-5,10H2,1-2H3/t13-,14+,15-,17-/m1/s1. The van der Waals surface area contributed by atoms with E-state index in [9.17, 15) is 13.2 Å². The molecule has 8 heteroatoms. The van der Waals surface area contributed by atoms with Gasteiger partial charge in [0.05, 0.1) is 10.9 Å². The zero-order valence-electron chi connectivity index (χ0n) is 14.2. The number of ether oxygens (including phenoxy) is 2. The van der Waals surface area contributed by atoms with Gasteiger partial charge in [0, 0.05) is 13.2 Å². The molecule has 1 aromatic rings. The quantitative estimate of drug-likeness (QED) is 0.740. The molecule has 3 fully saturated rings. The number of hydrogen-bond acceptors (Lipinski definition) is 7. The first-order chi connectivity index (χ1) is 11.9. The van der Waals surface area contributed by atoms with E-state index in [0.717, 1.165) is 12.0 Å². The molecule has 3 heterocycles. The lowest BCUT2D eigenvalue weighted by Crippen LogP contribution is -2.57. The fourth-order valence-corrected chi connectivity index (χ4v) is 6.32. The van der Waals surface area contributed by atoms with Crippen molar-refractivity contribution in [2.75, 3.05) is 13.2 Å². The largest absolute Gasteiger partial charge is 0.431 e. The van der Waals surface area contributed by atoms with E-state index in [1.165, 1.54) is 12.1 Å². The number of rotatable bonds is 4. The summed E-state index contributed by atoms with van der Waals surface area (Å²) in [6, 6.07) is 5.97. The van der Waals surface area contributed by atoms with E-state index in [4.69, 9.17) is 14.3 Å².